The summed E-state index contributed by atoms with van der Waals surface area (Å²) in [5.41, 5.74) is -1.38. The van der Waals surface area contributed by atoms with E-state index < -0.39 is 34.7 Å². The van der Waals surface area contributed by atoms with E-state index >= 15 is 0 Å². The fourth-order valence-electron chi connectivity index (χ4n) is 7.74. The highest BCUT2D eigenvalue weighted by molar-refractivity contribution is 5.95. The summed E-state index contributed by atoms with van der Waals surface area (Å²) in [4.78, 5) is 15.1. The molecule has 7 heteroatoms. The normalized spacial score (nSPS) is 48.1. The number of allylic oxidation sites excluding steroid dienone is 1. The standard InChI is InChI=1S/C24H39NO6/c1-22-12-20(29)19(28)11-17(22)18(27)10-16-14(22)4-6-23(2)15(5-7-24(16,23)31)21(30)13-25(3)8-9-26/h10,14-15,17,19-21,26,28-31H,4-9,11-13H2,1-3H3/t14?,15?,17-,19+,20-,21?,22+,23+,24+/m0/s1. The number of carbonyl (C=O) groups is 1. The molecular weight excluding hydrogens is 398 g/mol. The van der Waals surface area contributed by atoms with Gasteiger partial charge in [0.25, 0.3) is 0 Å². The number of ketones is 1. The Labute approximate surface area is 184 Å². The maximum atomic E-state index is 13.1. The molecule has 4 rings (SSSR count). The molecule has 0 aromatic carbocycles. The van der Waals surface area contributed by atoms with Gasteiger partial charge in [0.05, 0.1) is 30.5 Å². The Hall–Kier alpha value is -0.830. The van der Waals surface area contributed by atoms with E-state index in [2.05, 4.69) is 6.92 Å². The summed E-state index contributed by atoms with van der Waals surface area (Å²) in [6.07, 6.45) is 2.65. The highest BCUT2D eigenvalue weighted by Crippen LogP contribution is 2.67. The maximum Gasteiger partial charge on any atom is 0.159 e. The molecule has 0 aliphatic heterocycles. The van der Waals surface area contributed by atoms with Crippen molar-refractivity contribution < 1.29 is 30.3 Å². The minimum Gasteiger partial charge on any atom is -0.395 e. The first-order chi connectivity index (χ1) is 14.5. The van der Waals surface area contributed by atoms with E-state index in [1.807, 2.05) is 18.9 Å². The predicted molar refractivity (Wildman–Crippen MR) is 115 cm³/mol. The highest BCUT2D eigenvalue weighted by Gasteiger charge is 2.67. The van der Waals surface area contributed by atoms with Crippen LogP contribution >= 0.6 is 0 Å². The summed E-state index contributed by atoms with van der Waals surface area (Å²) in [5, 5.41) is 52.8. The molecular formula is C24H39NO6. The minimum absolute atomic E-state index is 0.0108. The van der Waals surface area contributed by atoms with Gasteiger partial charge in [0, 0.05) is 24.4 Å². The molecule has 3 fully saturated rings. The Morgan fingerprint density at radius 1 is 1.16 bits per heavy atom. The predicted octanol–water partition coefficient (Wildman–Crippen LogP) is 0.476. The summed E-state index contributed by atoms with van der Waals surface area (Å²) >= 11 is 0. The number of fused-ring (bicyclic) bond motifs is 5. The van der Waals surface area contributed by atoms with E-state index in [0.717, 1.165) is 18.4 Å². The van der Waals surface area contributed by atoms with E-state index in [0.29, 0.717) is 32.4 Å². The summed E-state index contributed by atoms with van der Waals surface area (Å²) in [6.45, 7) is 5.05. The van der Waals surface area contributed by atoms with Crippen molar-refractivity contribution in [2.45, 2.75) is 76.3 Å². The van der Waals surface area contributed by atoms with Crippen molar-refractivity contribution in [3.63, 3.8) is 0 Å². The molecule has 176 valence electrons. The minimum atomic E-state index is -1.15. The Morgan fingerprint density at radius 2 is 1.87 bits per heavy atom. The third-order valence-corrected chi connectivity index (χ3v) is 9.63. The lowest BCUT2D eigenvalue weighted by Gasteiger charge is -2.60. The van der Waals surface area contributed by atoms with Gasteiger partial charge in [-0.1, -0.05) is 13.8 Å². The van der Waals surface area contributed by atoms with E-state index in [1.54, 1.807) is 6.08 Å². The quantitative estimate of drug-likeness (QED) is 0.424. The van der Waals surface area contributed by atoms with Crippen LogP contribution in [-0.4, -0.2) is 86.9 Å². The zero-order valence-electron chi connectivity index (χ0n) is 19.0. The van der Waals surface area contributed by atoms with Gasteiger partial charge >= 0.3 is 0 Å². The Balaban J connectivity index is 1.65. The van der Waals surface area contributed by atoms with Gasteiger partial charge in [0.15, 0.2) is 5.78 Å². The summed E-state index contributed by atoms with van der Waals surface area (Å²) in [6, 6.07) is 0. The fourth-order valence-corrected chi connectivity index (χ4v) is 7.74. The van der Waals surface area contributed by atoms with Crippen molar-refractivity contribution in [3.8, 4) is 0 Å². The average molecular weight is 438 g/mol. The fraction of sp³-hybridized carbons (Fsp3) is 0.875. The number of aliphatic hydroxyl groups excluding tert-OH is 4. The molecule has 0 heterocycles. The lowest BCUT2D eigenvalue weighted by Crippen LogP contribution is -2.61. The third kappa shape index (κ3) is 3.35. The zero-order chi connectivity index (χ0) is 22.8. The van der Waals surface area contributed by atoms with E-state index in [4.69, 9.17) is 5.11 Å². The Kier molecular flexibility index (Phi) is 5.94. The first-order valence-corrected chi connectivity index (χ1v) is 11.8. The van der Waals surface area contributed by atoms with Crippen LogP contribution in [0.3, 0.4) is 0 Å². The van der Waals surface area contributed by atoms with Gasteiger partial charge in [-0.3, -0.25) is 4.79 Å². The molecule has 3 saturated carbocycles. The van der Waals surface area contributed by atoms with Crippen molar-refractivity contribution in [3.05, 3.63) is 11.6 Å². The number of hydrogen-bond acceptors (Lipinski definition) is 7. The maximum absolute atomic E-state index is 13.1. The zero-order valence-corrected chi connectivity index (χ0v) is 19.0. The largest absolute Gasteiger partial charge is 0.395 e. The molecule has 0 radical (unpaired) electrons. The second-order valence-electron chi connectivity index (χ2n) is 11.2. The first kappa shape index (κ1) is 23.3. The first-order valence-electron chi connectivity index (χ1n) is 11.8. The van der Waals surface area contributed by atoms with Crippen LogP contribution in [0.4, 0.5) is 0 Å². The smallest absolute Gasteiger partial charge is 0.159 e. The van der Waals surface area contributed by atoms with E-state index in [1.165, 1.54) is 0 Å². The van der Waals surface area contributed by atoms with Crippen LogP contribution in [-0.2, 0) is 4.79 Å². The molecule has 0 aromatic heterocycles. The second kappa shape index (κ2) is 7.89. The van der Waals surface area contributed by atoms with E-state index in [9.17, 15) is 25.2 Å². The monoisotopic (exact) mass is 437 g/mol. The van der Waals surface area contributed by atoms with Crippen molar-refractivity contribution in [1.82, 2.24) is 4.90 Å². The van der Waals surface area contributed by atoms with E-state index in [-0.39, 0.29) is 36.6 Å². The molecule has 5 N–H and O–H groups in total. The molecule has 4 aliphatic rings. The number of carbonyl (C=O) groups excluding carboxylic acids is 1. The van der Waals surface area contributed by atoms with Gasteiger partial charge in [0.1, 0.15) is 0 Å². The van der Waals surface area contributed by atoms with Crippen molar-refractivity contribution in [2.24, 2.45) is 28.6 Å². The third-order valence-electron chi connectivity index (χ3n) is 9.63. The van der Waals surface area contributed by atoms with Crippen LogP contribution in [0.2, 0.25) is 0 Å². The number of aliphatic hydroxyl groups is 5. The Bertz CT molecular complexity index is 756. The molecule has 0 amide bonds. The van der Waals surface area contributed by atoms with Gasteiger partial charge in [0.2, 0.25) is 0 Å². The highest BCUT2D eigenvalue weighted by atomic mass is 16.3. The van der Waals surface area contributed by atoms with Crippen molar-refractivity contribution >= 4 is 5.78 Å². The SMILES string of the molecule is CN(CCO)CC(O)C1CC[C@@]2(O)C3=CC(=O)[C@@H]4C[C@@H](O)[C@@H](O)C[C@]4(C)C3CC[C@]12C. The molecule has 0 bridgehead atoms. The molecule has 0 spiro atoms. The van der Waals surface area contributed by atoms with Crippen LogP contribution in [0.25, 0.3) is 0 Å². The topological polar surface area (TPSA) is 121 Å². The van der Waals surface area contributed by atoms with Gasteiger partial charge in [-0.05, 0) is 74.5 Å². The van der Waals surface area contributed by atoms with Crippen LogP contribution in [0.1, 0.15) is 52.4 Å². The molecule has 0 saturated heterocycles. The summed E-state index contributed by atoms with van der Waals surface area (Å²) in [7, 11) is 1.87. The molecule has 0 aromatic rings. The van der Waals surface area contributed by atoms with Gasteiger partial charge in [-0.2, -0.15) is 0 Å². The van der Waals surface area contributed by atoms with Crippen LogP contribution in [0.15, 0.2) is 11.6 Å². The average Bonchev–Trinajstić information content (AvgIpc) is 2.96. The van der Waals surface area contributed by atoms with Gasteiger partial charge < -0.3 is 30.4 Å². The lowest BCUT2D eigenvalue weighted by molar-refractivity contribution is -0.155. The molecule has 7 nitrogen and oxygen atoms in total. The van der Waals surface area contributed by atoms with Crippen LogP contribution in [0, 0.1) is 28.6 Å². The lowest BCUT2D eigenvalue weighted by atomic mass is 9.46. The Morgan fingerprint density at radius 3 is 2.55 bits per heavy atom. The van der Waals surface area contributed by atoms with Crippen LogP contribution in [0.5, 0.6) is 0 Å². The number of hydrogen-bond donors (Lipinski definition) is 5. The van der Waals surface area contributed by atoms with Crippen molar-refractivity contribution in [2.75, 3.05) is 26.7 Å². The summed E-state index contributed by atoms with van der Waals surface area (Å²) in [5.74, 6) is -0.491. The number of rotatable bonds is 5. The summed E-state index contributed by atoms with van der Waals surface area (Å²) < 4.78 is 0. The van der Waals surface area contributed by atoms with Gasteiger partial charge in [-0.15, -0.1) is 0 Å². The molecule has 9 atom stereocenters. The van der Waals surface area contributed by atoms with Crippen LogP contribution < -0.4 is 0 Å². The second-order valence-corrected chi connectivity index (χ2v) is 11.2. The number of likely N-dealkylation sites (N-methyl/N-ethyl adjacent to an activating group) is 1. The molecule has 3 unspecified atom stereocenters. The number of nitrogens with zero attached hydrogens (tertiary/aromatic N) is 1. The van der Waals surface area contributed by atoms with Crippen molar-refractivity contribution in [1.29, 1.82) is 0 Å². The molecule has 31 heavy (non-hydrogen) atoms. The van der Waals surface area contributed by atoms with Gasteiger partial charge in [-0.25, -0.2) is 0 Å². The molecule has 4 aliphatic carbocycles.